The van der Waals surface area contributed by atoms with E-state index in [2.05, 4.69) is 20.6 Å². The third-order valence-corrected chi connectivity index (χ3v) is 6.65. The molecule has 9 nitrogen and oxygen atoms in total. The Labute approximate surface area is 194 Å². The highest BCUT2D eigenvalue weighted by Gasteiger charge is 2.16. The van der Waals surface area contributed by atoms with Crippen molar-refractivity contribution >= 4 is 49.3 Å². The van der Waals surface area contributed by atoms with E-state index in [1.165, 1.54) is 23.5 Å². The molecule has 4 aromatic rings. The zero-order chi connectivity index (χ0) is 23.4. The second-order valence-electron chi connectivity index (χ2n) is 7.20. The Morgan fingerprint density at radius 3 is 2.42 bits per heavy atom. The van der Waals surface area contributed by atoms with Gasteiger partial charge in [-0.1, -0.05) is 42.5 Å². The topological polar surface area (TPSA) is 147 Å². The molecule has 33 heavy (non-hydrogen) atoms. The van der Waals surface area contributed by atoms with Gasteiger partial charge in [0.25, 0.3) is 0 Å². The fourth-order valence-corrected chi connectivity index (χ4v) is 4.71. The summed E-state index contributed by atoms with van der Waals surface area (Å²) in [6.07, 6.45) is -0.0553. The molecule has 0 aliphatic rings. The van der Waals surface area contributed by atoms with Crippen molar-refractivity contribution in [1.29, 1.82) is 0 Å². The third-order valence-electron chi connectivity index (χ3n) is 4.85. The number of primary sulfonamides is 1. The molecule has 170 valence electrons. The number of thiophene rings is 1. The first-order valence-corrected chi connectivity index (χ1v) is 12.4. The van der Waals surface area contributed by atoms with Gasteiger partial charge >= 0.3 is 5.97 Å². The lowest BCUT2D eigenvalue weighted by Crippen LogP contribution is -2.12. The Morgan fingerprint density at radius 2 is 1.76 bits per heavy atom. The molecule has 0 bridgehead atoms. The summed E-state index contributed by atoms with van der Waals surface area (Å²) in [7, 11) is -3.75. The number of nitrogens with two attached hydrogens (primary N) is 1. The van der Waals surface area contributed by atoms with Crippen LogP contribution in [0.1, 0.15) is 12.0 Å². The number of benzene rings is 2. The molecule has 2 heterocycles. The number of nitrogens with zero attached hydrogens (tertiary/aromatic N) is 2. The van der Waals surface area contributed by atoms with Gasteiger partial charge in [-0.25, -0.2) is 18.5 Å². The van der Waals surface area contributed by atoms with E-state index in [0.717, 1.165) is 26.9 Å². The predicted octanol–water partition coefficient (Wildman–Crippen LogP) is 3.50. The molecule has 0 aliphatic carbocycles. The van der Waals surface area contributed by atoms with E-state index in [0.29, 0.717) is 18.3 Å². The molecule has 0 fully saturated rings. The summed E-state index contributed by atoms with van der Waals surface area (Å²) in [6.45, 7) is 0.585. The number of carbonyl (C=O) groups is 1. The summed E-state index contributed by atoms with van der Waals surface area (Å²) in [5.41, 5.74) is 2.85. The molecule has 2 aromatic heterocycles. The largest absolute Gasteiger partial charge is 0.481 e. The lowest BCUT2D eigenvalue weighted by atomic mass is 10.1. The number of rotatable bonds is 9. The second kappa shape index (κ2) is 9.53. The normalized spacial score (nSPS) is 11.4. The molecule has 0 aliphatic heterocycles. The molecule has 0 atom stereocenters. The summed E-state index contributed by atoms with van der Waals surface area (Å²) in [5.74, 6) is 0.0121. The van der Waals surface area contributed by atoms with Gasteiger partial charge in [0, 0.05) is 24.0 Å². The molecule has 0 amide bonds. The summed E-state index contributed by atoms with van der Waals surface area (Å²) in [5, 5.41) is 23.2. The van der Waals surface area contributed by atoms with E-state index in [1.807, 2.05) is 35.7 Å². The average Bonchev–Trinajstić information content (AvgIpc) is 3.22. The number of fused-ring (bicyclic) bond motifs is 1. The van der Waals surface area contributed by atoms with Gasteiger partial charge in [-0.05, 0) is 23.3 Å². The van der Waals surface area contributed by atoms with Gasteiger partial charge < -0.3 is 15.7 Å². The summed E-state index contributed by atoms with van der Waals surface area (Å²) in [6, 6.07) is 16.2. The Kier molecular flexibility index (Phi) is 6.54. The SMILES string of the molecule is NS(=O)(=O)c1ccc(CNc2nc(NCCC(=O)O)nc3scc(-c4ccccc4)c23)cc1. The first-order chi connectivity index (χ1) is 15.8. The Bertz CT molecular complexity index is 1390. The molecule has 0 saturated carbocycles. The van der Waals surface area contributed by atoms with Gasteiger partial charge in [-0.15, -0.1) is 11.3 Å². The fourth-order valence-electron chi connectivity index (χ4n) is 3.24. The van der Waals surface area contributed by atoms with E-state index in [1.54, 1.807) is 12.1 Å². The fraction of sp³-hybridized carbons (Fsp3) is 0.136. The molecule has 0 radical (unpaired) electrons. The Balaban J connectivity index is 1.67. The predicted molar refractivity (Wildman–Crippen MR) is 129 cm³/mol. The zero-order valence-electron chi connectivity index (χ0n) is 17.4. The van der Waals surface area contributed by atoms with Crippen molar-refractivity contribution < 1.29 is 18.3 Å². The number of sulfonamides is 1. The van der Waals surface area contributed by atoms with E-state index in [4.69, 9.17) is 10.2 Å². The van der Waals surface area contributed by atoms with E-state index >= 15 is 0 Å². The molecule has 2 aromatic carbocycles. The number of anilines is 2. The minimum absolute atomic E-state index is 0.0461. The molecule has 11 heteroatoms. The maximum atomic E-state index is 11.5. The number of hydrogen-bond acceptors (Lipinski definition) is 8. The van der Waals surface area contributed by atoms with Crippen molar-refractivity contribution in [3.8, 4) is 11.1 Å². The minimum atomic E-state index is -3.75. The quantitative estimate of drug-likeness (QED) is 0.283. The minimum Gasteiger partial charge on any atom is -0.481 e. The van der Waals surface area contributed by atoms with Gasteiger partial charge in [0.2, 0.25) is 16.0 Å². The van der Waals surface area contributed by atoms with Crippen LogP contribution in [0.3, 0.4) is 0 Å². The van der Waals surface area contributed by atoms with Gasteiger partial charge in [-0.3, -0.25) is 4.79 Å². The summed E-state index contributed by atoms with van der Waals surface area (Å²) >= 11 is 1.48. The third kappa shape index (κ3) is 5.45. The maximum absolute atomic E-state index is 11.5. The van der Waals surface area contributed by atoms with Gasteiger partial charge in [0.1, 0.15) is 10.6 Å². The van der Waals surface area contributed by atoms with Gasteiger partial charge in [0.15, 0.2) is 0 Å². The second-order valence-corrected chi connectivity index (χ2v) is 9.62. The summed E-state index contributed by atoms with van der Waals surface area (Å²) in [4.78, 5) is 20.8. The Morgan fingerprint density at radius 1 is 1.03 bits per heavy atom. The molecular formula is C22H21N5O4S2. The summed E-state index contributed by atoms with van der Waals surface area (Å²) < 4.78 is 23.0. The van der Waals surface area contributed by atoms with Crippen LogP contribution in [0.4, 0.5) is 11.8 Å². The van der Waals surface area contributed by atoms with Crippen LogP contribution in [-0.2, 0) is 21.4 Å². The van der Waals surface area contributed by atoms with Crippen LogP contribution in [0.15, 0.2) is 64.9 Å². The number of aliphatic carboxylic acids is 1. The lowest BCUT2D eigenvalue weighted by molar-refractivity contribution is -0.136. The van der Waals surface area contributed by atoms with Crippen LogP contribution in [0.25, 0.3) is 21.3 Å². The first-order valence-electron chi connectivity index (χ1n) is 9.97. The number of carboxylic acid groups (broad SMARTS) is 1. The van der Waals surface area contributed by atoms with E-state index < -0.39 is 16.0 Å². The number of hydrogen-bond donors (Lipinski definition) is 4. The van der Waals surface area contributed by atoms with E-state index in [9.17, 15) is 13.2 Å². The van der Waals surface area contributed by atoms with Crippen molar-refractivity contribution in [2.24, 2.45) is 5.14 Å². The highest BCUT2D eigenvalue weighted by Crippen LogP contribution is 2.37. The van der Waals surface area contributed by atoms with Crippen LogP contribution in [0.2, 0.25) is 0 Å². The van der Waals surface area contributed by atoms with Gasteiger partial charge in [0.05, 0.1) is 16.7 Å². The molecular weight excluding hydrogens is 462 g/mol. The van der Waals surface area contributed by atoms with Crippen LogP contribution < -0.4 is 15.8 Å². The van der Waals surface area contributed by atoms with Crippen molar-refractivity contribution in [2.45, 2.75) is 17.9 Å². The molecule has 4 rings (SSSR count). The highest BCUT2D eigenvalue weighted by molar-refractivity contribution is 7.89. The number of aromatic nitrogens is 2. The number of nitrogens with one attached hydrogen (secondary N) is 2. The van der Waals surface area contributed by atoms with Gasteiger partial charge in [-0.2, -0.15) is 4.98 Å². The molecule has 5 N–H and O–H groups in total. The van der Waals surface area contributed by atoms with Crippen molar-refractivity contribution in [3.63, 3.8) is 0 Å². The van der Waals surface area contributed by atoms with Crippen molar-refractivity contribution in [2.75, 3.05) is 17.2 Å². The van der Waals surface area contributed by atoms with Crippen LogP contribution in [0.5, 0.6) is 0 Å². The first kappa shape index (κ1) is 22.6. The van der Waals surface area contributed by atoms with Crippen LogP contribution in [-0.4, -0.2) is 36.0 Å². The smallest absolute Gasteiger partial charge is 0.305 e. The van der Waals surface area contributed by atoms with E-state index in [-0.39, 0.29) is 17.9 Å². The molecule has 0 unspecified atom stereocenters. The Hall–Kier alpha value is -3.54. The lowest BCUT2D eigenvalue weighted by Gasteiger charge is -2.12. The monoisotopic (exact) mass is 483 g/mol. The zero-order valence-corrected chi connectivity index (χ0v) is 19.0. The standard InChI is InChI=1S/C22H21N5O4S2/c23-33(30,31)16-8-6-14(7-9-16)12-25-20-19-17(15-4-2-1-3-5-15)13-32-21(19)27-22(26-20)24-11-10-18(28)29/h1-9,13H,10-12H2,(H,28,29)(H2,23,30,31)(H2,24,25,26,27). The van der Waals surface area contributed by atoms with Crippen LogP contribution >= 0.6 is 11.3 Å². The van der Waals surface area contributed by atoms with Crippen molar-refractivity contribution in [1.82, 2.24) is 9.97 Å². The maximum Gasteiger partial charge on any atom is 0.305 e. The molecule has 0 saturated heterocycles. The number of carboxylic acids is 1. The van der Waals surface area contributed by atoms with Crippen LogP contribution in [0, 0.1) is 0 Å². The van der Waals surface area contributed by atoms with Crippen molar-refractivity contribution in [3.05, 3.63) is 65.5 Å². The molecule has 0 spiro atoms. The average molecular weight is 484 g/mol. The highest BCUT2D eigenvalue weighted by atomic mass is 32.2.